The lowest BCUT2D eigenvalue weighted by molar-refractivity contribution is 0.386. The molecule has 0 heterocycles. The van der Waals surface area contributed by atoms with E-state index in [0.29, 0.717) is 11.1 Å². The van der Waals surface area contributed by atoms with E-state index in [1.807, 2.05) is 0 Å². The molecule has 0 amide bonds. The summed E-state index contributed by atoms with van der Waals surface area (Å²) in [5, 5.41) is 0. The van der Waals surface area contributed by atoms with E-state index in [2.05, 4.69) is 0 Å². The molecular weight excluding hydrogens is 271 g/mol. The van der Waals surface area contributed by atoms with Gasteiger partial charge in [-0.05, 0) is 35.4 Å². The van der Waals surface area contributed by atoms with Crippen molar-refractivity contribution in [3.8, 4) is 16.9 Å². The summed E-state index contributed by atoms with van der Waals surface area (Å²) >= 11 is 0. The minimum Gasteiger partial charge on any atom is -0.494 e. The van der Waals surface area contributed by atoms with Crippen LogP contribution in [0.5, 0.6) is 5.75 Å². The van der Waals surface area contributed by atoms with Gasteiger partial charge in [0.15, 0.2) is 11.6 Å². The predicted octanol–water partition coefficient (Wildman–Crippen LogP) is 2.75. The first-order valence-electron chi connectivity index (χ1n) is 5.33. The van der Waals surface area contributed by atoms with Crippen LogP contribution in [0.3, 0.4) is 0 Å². The second kappa shape index (κ2) is 4.99. The van der Waals surface area contributed by atoms with Crippen LogP contribution in [0.25, 0.3) is 11.1 Å². The van der Waals surface area contributed by atoms with Crippen LogP contribution in [-0.4, -0.2) is 20.1 Å². The van der Waals surface area contributed by atoms with Crippen LogP contribution in [0.1, 0.15) is 0 Å². The van der Waals surface area contributed by atoms with E-state index in [-0.39, 0.29) is 10.6 Å². The van der Waals surface area contributed by atoms with Crippen molar-refractivity contribution < 1.29 is 22.1 Å². The smallest absolute Gasteiger partial charge is 0.294 e. The third kappa shape index (κ3) is 2.91. The largest absolute Gasteiger partial charge is 0.494 e. The van der Waals surface area contributed by atoms with E-state index < -0.39 is 15.9 Å². The first-order chi connectivity index (χ1) is 8.91. The van der Waals surface area contributed by atoms with Crippen LogP contribution in [0.15, 0.2) is 47.4 Å². The topological polar surface area (TPSA) is 63.6 Å². The van der Waals surface area contributed by atoms with Crippen molar-refractivity contribution >= 4 is 10.1 Å². The van der Waals surface area contributed by atoms with E-state index in [0.717, 1.165) is 0 Å². The molecular formula is C13H11FO4S. The summed E-state index contributed by atoms with van der Waals surface area (Å²) in [6.45, 7) is 0. The van der Waals surface area contributed by atoms with Crippen LogP contribution < -0.4 is 4.74 Å². The molecule has 100 valence electrons. The molecule has 0 saturated carbocycles. The number of benzene rings is 2. The third-order valence-electron chi connectivity index (χ3n) is 2.64. The molecule has 2 rings (SSSR count). The molecule has 0 fully saturated rings. The zero-order chi connectivity index (χ0) is 14.0. The lowest BCUT2D eigenvalue weighted by atomic mass is 10.1. The predicted molar refractivity (Wildman–Crippen MR) is 68.2 cm³/mol. The maximum Gasteiger partial charge on any atom is 0.294 e. The van der Waals surface area contributed by atoms with Gasteiger partial charge in [-0.25, -0.2) is 4.39 Å². The molecule has 0 bridgehead atoms. The minimum atomic E-state index is -4.21. The Morgan fingerprint density at radius 1 is 1.05 bits per heavy atom. The van der Waals surface area contributed by atoms with Crippen LogP contribution in [-0.2, 0) is 10.1 Å². The van der Waals surface area contributed by atoms with Crippen LogP contribution in [0.2, 0.25) is 0 Å². The van der Waals surface area contributed by atoms with Crippen LogP contribution in [0.4, 0.5) is 4.39 Å². The lowest BCUT2D eigenvalue weighted by Gasteiger charge is -2.06. The van der Waals surface area contributed by atoms with Gasteiger partial charge < -0.3 is 4.74 Å². The number of rotatable bonds is 3. The second-order valence-corrected chi connectivity index (χ2v) is 5.27. The van der Waals surface area contributed by atoms with Crippen LogP contribution >= 0.6 is 0 Å². The SMILES string of the molecule is COc1ccc(-c2ccc(S(=O)(=O)O)cc2)cc1F. The van der Waals surface area contributed by atoms with Gasteiger partial charge in [-0.2, -0.15) is 8.42 Å². The van der Waals surface area contributed by atoms with Gasteiger partial charge in [0.2, 0.25) is 0 Å². The summed E-state index contributed by atoms with van der Waals surface area (Å²) in [5.41, 5.74) is 1.22. The van der Waals surface area contributed by atoms with Crippen molar-refractivity contribution in [3.63, 3.8) is 0 Å². The Kier molecular flexibility index (Phi) is 3.55. The summed E-state index contributed by atoms with van der Waals surface area (Å²) < 4.78 is 49.0. The summed E-state index contributed by atoms with van der Waals surface area (Å²) in [7, 11) is -2.84. The number of halogens is 1. The van der Waals surface area contributed by atoms with Crippen LogP contribution in [0, 0.1) is 5.82 Å². The molecule has 0 aromatic heterocycles. The van der Waals surface area contributed by atoms with Gasteiger partial charge in [0.1, 0.15) is 0 Å². The van der Waals surface area contributed by atoms with Gasteiger partial charge >= 0.3 is 0 Å². The first-order valence-corrected chi connectivity index (χ1v) is 6.77. The summed E-state index contributed by atoms with van der Waals surface area (Å²) in [6.07, 6.45) is 0. The molecule has 0 aliphatic carbocycles. The van der Waals surface area contributed by atoms with Gasteiger partial charge in [-0.3, -0.25) is 4.55 Å². The highest BCUT2D eigenvalue weighted by molar-refractivity contribution is 7.85. The Labute approximate surface area is 110 Å². The third-order valence-corrected chi connectivity index (χ3v) is 3.51. The van der Waals surface area contributed by atoms with Gasteiger partial charge in [-0.1, -0.05) is 18.2 Å². The number of hydrogen-bond acceptors (Lipinski definition) is 3. The summed E-state index contributed by atoms with van der Waals surface area (Å²) in [6, 6.07) is 9.93. The maximum atomic E-state index is 13.5. The summed E-state index contributed by atoms with van der Waals surface area (Å²) in [5.74, 6) is -0.364. The Hall–Kier alpha value is -1.92. The van der Waals surface area contributed by atoms with Gasteiger partial charge in [0.05, 0.1) is 12.0 Å². The molecule has 0 aliphatic heterocycles. The molecule has 19 heavy (non-hydrogen) atoms. The molecule has 1 N–H and O–H groups in total. The lowest BCUT2D eigenvalue weighted by Crippen LogP contribution is -1.97. The van der Waals surface area contributed by atoms with Crippen molar-refractivity contribution in [3.05, 3.63) is 48.3 Å². The van der Waals surface area contributed by atoms with E-state index in [4.69, 9.17) is 9.29 Å². The number of ether oxygens (including phenoxy) is 1. The van der Waals surface area contributed by atoms with E-state index in [1.54, 1.807) is 6.07 Å². The van der Waals surface area contributed by atoms with Gasteiger partial charge in [0, 0.05) is 0 Å². The average Bonchev–Trinajstić information content (AvgIpc) is 2.38. The number of hydrogen-bond donors (Lipinski definition) is 1. The first kappa shape index (κ1) is 13.5. The maximum absolute atomic E-state index is 13.5. The molecule has 0 unspecified atom stereocenters. The fraction of sp³-hybridized carbons (Fsp3) is 0.0769. The molecule has 2 aromatic rings. The average molecular weight is 282 g/mol. The Bertz CT molecular complexity index is 693. The fourth-order valence-electron chi connectivity index (χ4n) is 1.67. The molecule has 4 nitrogen and oxygen atoms in total. The van der Waals surface area contributed by atoms with Crippen molar-refractivity contribution in [2.45, 2.75) is 4.90 Å². The van der Waals surface area contributed by atoms with Crippen molar-refractivity contribution in [1.82, 2.24) is 0 Å². The molecule has 2 aromatic carbocycles. The fourth-order valence-corrected chi connectivity index (χ4v) is 2.15. The summed E-state index contributed by atoms with van der Waals surface area (Å²) in [4.78, 5) is -0.203. The quantitative estimate of drug-likeness (QED) is 0.879. The molecule has 6 heteroatoms. The van der Waals surface area contributed by atoms with Gasteiger partial charge in [0.25, 0.3) is 10.1 Å². The second-order valence-electron chi connectivity index (χ2n) is 3.85. The minimum absolute atomic E-state index is 0.137. The molecule has 0 radical (unpaired) electrons. The standard InChI is InChI=1S/C13H11FO4S/c1-18-13-7-4-10(8-12(13)14)9-2-5-11(6-3-9)19(15,16)17/h2-8H,1H3,(H,15,16,17). The van der Waals surface area contributed by atoms with Gasteiger partial charge in [-0.15, -0.1) is 0 Å². The molecule has 0 saturated heterocycles. The molecule has 0 atom stereocenters. The monoisotopic (exact) mass is 282 g/mol. The Morgan fingerprint density at radius 2 is 1.63 bits per heavy atom. The van der Waals surface area contributed by atoms with Crippen molar-refractivity contribution in [1.29, 1.82) is 0 Å². The number of methoxy groups -OCH3 is 1. The molecule has 0 spiro atoms. The van der Waals surface area contributed by atoms with E-state index >= 15 is 0 Å². The van der Waals surface area contributed by atoms with Crippen molar-refractivity contribution in [2.24, 2.45) is 0 Å². The Morgan fingerprint density at radius 3 is 2.11 bits per heavy atom. The highest BCUT2D eigenvalue weighted by Crippen LogP contribution is 2.26. The Balaban J connectivity index is 2.40. The highest BCUT2D eigenvalue weighted by Gasteiger charge is 2.10. The normalized spacial score (nSPS) is 11.3. The molecule has 0 aliphatic rings. The zero-order valence-electron chi connectivity index (χ0n) is 10.00. The van der Waals surface area contributed by atoms with E-state index in [9.17, 15) is 12.8 Å². The van der Waals surface area contributed by atoms with E-state index in [1.165, 1.54) is 43.5 Å². The highest BCUT2D eigenvalue weighted by atomic mass is 32.2. The zero-order valence-corrected chi connectivity index (χ0v) is 10.8. The van der Waals surface area contributed by atoms with Crippen molar-refractivity contribution in [2.75, 3.05) is 7.11 Å².